The highest BCUT2D eigenvalue weighted by molar-refractivity contribution is 5.71. The summed E-state index contributed by atoms with van der Waals surface area (Å²) in [6.07, 6.45) is 55.4. The molecule has 6 nitrogen and oxygen atoms in total. The van der Waals surface area contributed by atoms with Gasteiger partial charge in [-0.2, -0.15) is 0 Å². The molecule has 0 aromatic heterocycles. The van der Waals surface area contributed by atoms with Gasteiger partial charge in [0.15, 0.2) is 6.10 Å². The van der Waals surface area contributed by atoms with E-state index in [2.05, 4.69) is 34.6 Å². The van der Waals surface area contributed by atoms with E-state index >= 15 is 0 Å². The van der Waals surface area contributed by atoms with E-state index in [0.29, 0.717) is 19.3 Å². The molecule has 0 aliphatic heterocycles. The van der Waals surface area contributed by atoms with Gasteiger partial charge in [-0.3, -0.25) is 14.4 Å². The maximum Gasteiger partial charge on any atom is 0.306 e. The van der Waals surface area contributed by atoms with Crippen LogP contribution in [0.4, 0.5) is 0 Å². The SMILES string of the molecule is CCCCCCCCCCCCCCCCCCC(=O)OC[C@H](COC(=O)CCCCCCCCCC(C)C)OC(=O)CCCCCCCCCCCCCCCCCCCCC(C)C. The molecule has 0 rings (SSSR count). The first kappa shape index (κ1) is 63.4. The Balaban J connectivity index is 4.22. The Morgan fingerprint density at radius 1 is 0.292 bits per heavy atom. The Bertz CT molecular complexity index is 993. The molecule has 0 unspecified atom stereocenters. The van der Waals surface area contributed by atoms with Gasteiger partial charge < -0.3 is 14.2 Å². The lowest BCUT2D eigenvalue weighted by molar-refractivity contribution is -0.167. The van der Waals surface area contributed by atoms with Crippen molar-refractivity contribution in [1.82, 2.24) is 0 Å². The van der Waals surface area contributed by atoms with Crippen molar-refractivity contribution in [3.63, 3.8) is 0 Å². The molecule has 65 heavy (non-hydrogen) atoms. The normalized spacial score (nSPS) is 12.0. The first-order chi connectivity index (χ1) is 31.7. The lowest BCUT2D eigenvalue weighted by Crippen LogP contribution is -2.30. The minimum absolute atomic E-state index is 0.0632. The van der Waals surface area contributed by atoms with Crippen LogP contribution < -0.4 is 0 Å². The molecule has 0 fully saturated rings. The smallest absolute Gasteiger partial charge is 0.306 e. The van der Waals surface area contributed by atoms with Crippen LogP contribution in [0.25, 0.3) is 0 Å². The van der Waals surface area contributed by atoms with Gasteiger partial charge in [0.2, 0.25) is 0 Å². The molecule has 0 spiro atoms. The van der Waals surface area contributed by atoms with Crippen LogP contribution in [0.1, 0.15) is 330 Å². The van der Waals surface area contributed by atoms with Crippen LogP contribution in [0, 0.1) is 11.8 Å². The summed E-state index contributed by atoms with van der Waals surface area (Å²) in [7, 11) is 0. The number of hydrogen-bond acceptors (Lipinski definition) is 6. The average molecular weight is 920 g/mol. The second-order valence-corrected chi connectivity index (χ2v) is 21.2. The summed E-state index contributed by atoms with van der Waals surface area (Å²) in [6, 6.07) is 0. The van der Waals surface area contributed by atoms with E-state index in [0.717, 1.165) is 69.6 Å². The predicted molar refractivity (Wildman–Crippen MR) is 280 cm³/mol. The summed E-state index contributed by atoms with van der Waals surface area (Å²) in [5.74, 6) is 0.797. The molecule has 386 valence electrons. The average Bonchev–Trinajstić information content (AvgIpc) is 3.28. The van der Waals surface area contributed by atoms with Crippen LogP contribution >= 0.6 is 0 Å². The molecule has 0 aromatic rings. The minimum Gasteiger partial charge on any atom is -0.462 e. The summed E-state index contributed by atoms with van der Waals surface area (Å²) < 4.78 is 16.9. The second-order valence-electron chi connectivity index (χ2n) is 21.2. The van der Waals surface area contributed by atoms with E-state index in [1.54, 1.807) is 0 Å². The van der Waals surface area contributed by atoms with Crippen LogP contribution in [-0.4, -0.2) is 37.2 Å². The van der Waals surface area contributed by atoms with Crippen molar-refractivity contribution in [1.29, 1.82) is 0 Å². The van der Waals surface area contributed by atoms with E-state index in [9.17, 15) is 14.4 Å². The van der Waals surface area contributed by atoms with Crippen molar-refractivity contribution in [3.8, 4) is 0 Å². The van der Waals surface area contributed by atoms with Crippen LogP contribution in [0.3, 0.4) is 0 Å². The zero-order valence-electron chi connectivity index (χ0n) is 44.6. The third-order valence-corrected chi connectivity index (χ3v) is 13.5. The van der Waals surface area contributed by atoms with Crippen molar-refractivity contribution < 1.29 is 28.6 Å². The second kappa shape index (κ2) is 51.8. The number of esters is 3. The predicted octanol–water partition coefficient (Wildman–Crippen LogP) is 19.3. The van der Waals surface area contributed by atoms with Crippen molar-refractivity contribution in [2.24, 2.45) is 11.8 Å². The van der Waals surface area contributed by atoms with Gasteiger partial charge in [0.1, 0.15) is 13.2 Å². The highest BCUT2D eigenvalue weighted by Crippen LogP contribution is 2.18. The van der Waals surface area contributed by atoms with Gasteiger partial charge in [0.05, 0.1) is 0 Å². The number of unbranched alkanes of at least 4 members (excludes halogenated alkanes) is 38. The lowest BCUT2D eigenvalue weighted by atomic mass is 10.0. The highest BCUT2D eigenvalue weighted by atomic mass is 16.6. The Labute approximate surface area is 406 Å². The molecule has 0 aromatic carbocycles. The number of hydrogen-bond donors (Lipinski definition) is 0. The summed E-state index contributed by atoms with van der Waals surface area (Å²) in [6.45, 7) is 11.4. The van der Waals surface area contributed by atoms with Crippen molar-refractivity contribution >= 4 is 17.9 Å². The molecule has 0 heterocycles. The van der Waals surface area contributed by atoms with Gasteiger partial charge in [-0.05, 0) is 31.1 Å². The van der Waals surface area contributed by atoms with Crippen LogP contribution in [0.5, 0.6) is 0 Å². The summed E-state index contributed by atoms with van der Waals surface area (Å²) in [4.78, 5) is 38.1. The fraction of sp³-hybridized carbons (Fsp3) is 0.949. The Hall–Kier alpha value is -1.59. The molecule has 1 atom stereocenters. The first-order valence-electron chi connectivity index (χ1n) is 29.2. The molecule has 0 bridgehead atoms. The van der Waals surface area contributed by atoms with E-state index < -0.39 is 6.10 Å². The number of rotatable bonds is 53. The zero-order valence-corrected chi connectivity index (χ0v) is 44.6. The topological polar surface area (TPSA) is 78.9 Å². The quantitative estimate of drug-likeness (QED) is 0.0344. The fourth-order valence-corrected chi connectivity index (χ4v) is 9.05. The molecule has 6 heteroatoms. The van der Waals surface area contributed by atoms with E-state index in [1.165, 1.54) is 218 Å². The minimum atomic E-state index is -0.763. The molecular weight excluding hydrogens is 805 g/mol. The fourth-order valence-electron chi connectivity index (χ4n) is 9.05. The number of ether oxygens (including phenoxy) is 3. The maximum atomic E-state index is 12.8. The van der Waals surface area contributed by atoms with Crippen LogP contribution in [-0.2, 0) is 28.6 Å². The van der Waals surface area contributed by atoms with Crippen molar-refractivity contribution in [2.45, 2.75) is 336 Å². The third kappa shape index (κ3) is 53.2. The number of carbonyl (C=O) groups excluding carboxylic acids is 3. The van der Waals surface area contributed by atoms with Crippen molar-refractivity contribution in [3.05, 3.63) is 0 Å². The molecular formula is C59H114O6. The third-order valence-electron chi connectivity index (χ3n) is 13.5. The monoisotopic (exact) mass is 919 g/mol. The van der Waals surface area contributed by atoms with Crippen LogP contribution in [0.2, 0.25) is 0 Å². The van der Waals surface area contributed by atoms with Gasteiger partial charge in [0, 0.05) is 19.3 Å². The summed E-state index contributed by atoms with van der Waals surface area (Å²) in [5, 5.41) is 0. The van der Waals surface area contributed by atoms with Crippen molar-refractivity contribution in [2.75, 3.05) is 13.2 Å². The van der Waals surface area contributed by atoms with Gasteiger partial charge in [-0.15, -0.1) is 0 Å². The Morgan fingerprint density at radius 3 is 0.754 bits per heavy atom. The molecule has 0 aliphatic carbocycles. The zero-order chi connectivity index (χ0) is 47.5. The van der Waals surface area contributed by atoms with Gasteiger partial charge >= 0.3 is 17.9 Å². The molecule has 0 saturated carbocycles. The summed E-state index contributed by atoms with van der Waals surface area (Å²) in [5.41, 5.74) is 0. The lowest BCUT2D eigenvalue weighted by Gasteiger charge is -2.18. The Kier molecular flexibility index (Phi) is 50.5. The molecule has 0 N–H and O–H groups in total. The standard InChI is InChI=1S/C59H114O6/c1-6-7-8-9-10-11-12-13-14-20-23-26-29-34-39-44-49-57(60)63-52-56(53-64-58(61)50-45-40-36-31-33-38-43-48-55(4)5)65-59(62)51-46-41-35-30-27-24-21-18-16-15-17-19-22-25-28-32-37-42-47-54(2)3/h54-56H,6-53H2,1-5H3/t56-/m1/s1. The number of carbonyl (C=O) groups is 3. The van der Waals surface area contributed by atoms with Gasteiger partial charge in [-0.1, -0.05) is 291 Å². The van der Waals surface area contributed by atoms with Crippen LogP contribution in [0.15, 0.2) is 0 Å². The maximum absolute atomic E-state index is 12.8. The first-order valence-corrected chi connectivity index (χ1v) is 29.2. The van der Waals surface area contributed by atoms with Gasteiger partial charge in [-0.25, -0.2) is 0 Å². The van der Waals surface area contributed by atoms with E-state index in [-0.39, 0.29) is 31.1 Å². The molecule has 0 aliphatic rings. The van der Waals surface area contributed by atoms with Gasteiger partial charge in [0.25, 0.3) is 0 Å². The molecule has 0 amide bonds. The molecule has 0 radical (unpaired) electrons. The molecule has 0 saturated heterocycles. The van der Waals surface area contributed by atoms with E-state index in [1.807, 2.05) is 0 Å². The summed E-state index contributed by atoms with van der Waals surface area (Å²) >= 11 is 0. The Morgan fingerprint density at radius 2 is 0.508 bits per heavy atom. The van der Waals surface area contributed by atoms with E-state index in [4.69, 9.17) is 14.2 Å². The highest BCUT2D eigenvalue weighted by Gasteiger charge is 2.19. The largest absolute Gasteiger partial charge is 0.462 e.